The summed E-state index contributed by atoms with van der Waals surface area (Å²) in [5.41, 5.74) is 0. The second-order valence-electron chi connectivity index (χ2n) is 5.19. The third-order valence-corrected chi connectivity index (χ3v) is 3.04. The fraction of sp³-hybridized carbons (Fsp3) is 0.917. The predicted octanol–water partition coefficient (Wildman–Crippen LogP) is 1.44. The second kappa shape index (κ2) is 5.50. The van der Waals surface area contributed by atoms with E-state index >= 15 is 0 Å². The smallest absolute Gasteiger partial charge is 0.225 e. The normalized spacial score (nSPS) is 18.9. The molecule has 0 aliphatic carbocycles. The van der Waals surface area contributed by atoms with Crippen molar-refractivity contribution in [2.75, 3.05) is 33.7 Å². The van der Waals surface area contributed by atoms with Gasteiger partial charge in [0.2, 0.25) is 5.91 Å². The Morgan fingerprint density at radius 2 is 1.87 bits per heavy atom. The molecule has 3 heteroatoms. The zero-order valence-corrected chi connectivity index (χ0v) is 10.5. The van der Waals surface area contributed by atoms with Gasteiger partial charge in [0.05, 0.1) is 0 Å². The van der Waals surface area contributed by atoms with Gasteiger partial charge in [-0.25, -0.2) is 0 Å². The Hall–Kier alpha value is -0.570. The van der Waals surface area contributed by atoms with E-state index in [0.29, 0.717) is 5.91 Å². The first kappa shape index (κ1) is 12.5. The molecular formula is C12H24N2O. The van der Waals surface area contributed by atoms with Crippen LogP contribution in [0.4, 0.5) is 0 Å². The van der Waals surface area contributed by atoms with Gasteiger partial charge in [0, 0.05) is 25.6 Å². The molecule has 15 heavy (non-hydrogen) atoms. The van der Waals surface area contributed by atoms with Crippen LogP contribution in [0.25, 0.3) is 0 Å². The first-order valence-electron chi connectivity index (χ1n) is 5.94. The summed E-state index contributed by atoms with van der Waals surface area (Å²) in [7, 11) is 4.23. The molecule has 1 rings (SSSR count). The number of carbonyl (C=O) groups is 1. The SMILES string of the molecule is CC(C)C(=O)N1CCC(CN(C)C)CC1. The molecule has 1 aliphatic heterocycles. The Bertz CT molecular complexity index is 206. The first-order chi connectivity index (χ1) is 7.00. The summed E-state index contributed by atoms with van der Waals surface area (Å²) >= 11 is 0. The van der Waals surface area contributed by atoms with Crippen LogP contribution in [0.1, 0.15) is 26.7 Å². The fourth-order valence-electron chi connectivity index (χ4n) is 2.22. The molecule has 1 amide bonds. The molecule has 88 valence electrons. The van der Waals surface area contributed by atoms with Crippen LogP contribution in [0.5, 0.6) is 0 Å². The predicted molar refractivity (Wildman–Crippen MR) is 62.7 cm³/mol. The van der Waals surface area contributed by atoms with Crippen molar-refractivity contribution in [1.29, 1.82) is 0 Å². The van der Waals surface area contributed by atoms with E-state index < -0.39 is 0 Å². The monoisotopic (exact) mass is 212 g/mol. The topological polar surface area (TPSA) is 23.6 Å². The Balaban J connectivity index is 2.32. The zero-order chi connectivity index (χ0) is 11.4. The Morgan fingerprint density at radius 3 is 2.27 bits per heavy atom. The van der Waals surface area contributed by atoms with E-state index in [0.717, 1.165) is 38.4 Å². The number of likely N-dealkylation sites (tertiary alicyclic amines) is 1. The molecule has 1 heterocycles. The lowest BCUT2D eigenvalue weighted by Gasteiger charge is -2.34. The fourth-order valence-corrected chi connectivity index (χ4v) is 2.22. The van der Waals surface area contributed by atoms with E-state index in [2.05, 4.69) is 19.0 Å². The minimum Gasteiger partial charge on any atom is -0.342 e. The van der Waals surface area contributed by atoms with Gasteiger partial charge in [0.1, 0.15) is 0 Å². The van der Waals surface area contributed by atoms with Crippen LogP contribution in [0, 0.1) is 11.8 Å². The third kappa shape index (κ3) is 3.82. The summed E-state index contributed by atoms with van der Waals surface area (Å²) in [5, 5.41) is 0. The molecule has 0 aromatic rings. The maximum absolute atomic E-state index is 11.7. The Labute approximate surface area is 93.4 Å². The minimum atomic E-state index is 0.149. The van der Waals surface area contributed by atoms with Crippen molar-refractivity contribution in [3.8, 4) is 0 Å². The van der Waals surface area contributed by atoms with Crippen LogP contribution in [-0.2, 0) is 4.79 Å². The average Bonchev–Trinajstić information content (AvgIpc) is 2.17. The molecular weight excluding hydrogens is 188 g/mol. The zero-order valence-electron chi connectivity index (χ0n) is 10.5. The lowest BCUT2D eigenvalue weighted by atomic mass is 9.95. The highest BCUT2D eigenvalue weighted by Gasteiger charge is 2.24. The maximum Gasteiger partial charge on any atom is 0.225 e. The van der Waals surface area contributed by atoms with Gasteiger partial charge in [-0.15, -0.1) is 0 Å². The van der Waals surface area contributed by atoms with Gasteiger partial charge < -0.3 is 9.80 Å². The van der Waals surface area contributed by atoms with Crippen molar-refractivity contribution in [2.24, 2.45) is 11.8 Å². The molecule has 0 aromatic heterocycles. The molecule has 1 fully saturated rings. The van der Waals surface area contributed by atoms with Gasteiger partial charge in [0.25, 0.3) is 0 Å². The van der Waals surface area contributed by atoms with Crippen LogP contribution in [0.15, 0.2) is 0 Å². The van der Waals surface area contributed by atoms with Crippen molar-refractivity contribution >= 4 is 5.91 Å². The summed E-state index contributed by atoms with van der Waals surface area (Å²) < 4.78 is 0. The highest BCUT2D eigenvalue weighted by atomic mass is 16.2. The van der Waals surface area contributed by atoms with Crippen molar-refractivity contribution in [1.82, 2.24) is 9.80 Å². The lowest BCUT2D eigenvalue weighted by Crippen LogP contribution is -2.42. The van der Waals surface area contributed by atoms with Gasteiger partial charge >= 0.3 is 0 Å². The van der Waals surface area contributed by atoms with E-state index in [1.54, 1.807) is 0 Å². The molecule has 0 unspecified atom stereocenters. The summed E-state index contributed by atoms with van der Waals surface area (Å²) in [6.07, 6.45) is 2.33. The number of hydrogen-bond donors (Lipinski definition) is 0. The number of amides is 1. The van der Waals surface area contributed by atoms with Crippen LogP contribution in [-0.4, -0.2) is 49.4 Å². The molecule has 0 N–H and O–H groups in total. The summed E-state index contributed by atoms with van der Waals surface area (Å²) in [6, 6.07) is 0. The van der Waals surface area contributed by atoms with E-state index in [9.17, 15) is 4.79 Å². The van der Waals surface area contributed by atoms with Crippen LogP contribution in [0.3, 0.4) is 0 Å². The molecule has 0 bridgehead atoms. The van der Waals surface area contributed by atoms with Gasteiger partial charge in [-0.1, -0.05) is 13.8 Å². The summed E-state index contributed by atoms with van der Waals surface area (Å²) in [4.78, 5) is 16.0. The summed E-state index contributed by atoms with van der Waals surface area (Å²) in [5.74, 6) is 1.24. The molecule has 0 aromatic carbocycles. The summed E-state index contributed by atoms with van der Waals surface area (Å²) in [6.45, 7) is 7.03. The van der Waals surface area contributed by atoms with Crippen LogP contribution >= 0.6 is 0 Å². The molecule has 0 radical (unpaired) electrons. The van der Waals surface area contributed by atoms with E-state index in [1.807, 2.05) is 18.7 Å². The van der Waals surface area contributed by atoms with Gasteiger partial charge in [-0.3, -0.25) is 4.79 Å². The van der Waals surface area contributed by atoms with E-state index in [4.69, 9.17) is 0 Å². The minimum absolute atomic E-state index is 0.149. The Morgan fingerprint density at radius 1 is 1.33 bits per heavy atom. The molecule has 0 spiro atoms. The number of rotatable bonds is 3. The largest absolute Gasteiger partial charge is 0.342 e. The van der Waals surface area contributed by atoms with Gasteiger partial charge in [-0.2, -0.15) is 0 Å². The van der Waals surface area contributed by atoms with E-state index in [1.165, 1.54) is 0 Å². The molecule has 1 aliphatic rings. The first-order valence-corrected chi connectivity index (χ1v) is 5.94. The van der Waals surface area contributed by atoms with Crippen molar-refractivity contribution in [3.63, 3.8) is 0 Å². The second-order valence-corrected chi connectivity index (χ2v) is 5.19. The standard InChI is InChI=1S/C12H24N2O/c1-10(2)12(15)14-7-5-11(6-8-14)9-13(3)4/h10-11H,5-9H2,1-4H3. The van der Waals surface area contributed by atoms with Crippen molar-refractivity contribution in [2.45, 2.75) is 26.7 Å². The number of carbonyl (C=O) groups excluding carboxylic acids is 1. The molecule has 3 nitrogen and oxygen atoms in total. The quantitative estimate of drug-likeness (QED) is 0.707. The van der Waals surface area contributed by atoms with Crippen molar-refractivity contribution in [3.05, 3.63) is 0 Å². The number of nitrogens with zero attached hydrogens (tertiary/aromatic N) is 2. The van der Waals surface area contributed by atoms with Gasteiger partial charge in [-0.05, 0) is 32.9 Å². The van der Waals surface area contributed by atoms with Crippen LogP contribution in [0.2, 0.25) is 0 Å². The lowest BCUT2D eigenvalue weighted by molar-refractivity contribution is -0.135. The highest BCUT2D eigenvalue weighted by Crippen LogP contribution is 2.19. The molecule has 0 saturated carbocycles. The average molecular weight is 212 g/mol. The molecule has 0 atom stereocenters. The van der Waals surface area contributed by atoms with Gasteiger partial charge in [0.15, 0.2) is 0 Å². The van der Waals surface area contributed by atoms with Crippen molar-refractivity contribution < 1.29 is 4.79 Å². The van der Waals surface area contributed by atoms with Crippen LogP contribution < -0.4 is 0 Å². The Kier molecular flexibility index (Phi) is 4.58. The number of piperidine rings is 1. The highest BCUT2D eigenvalue weighted by molar-refractivity contribution is 5.78. The number of hydrogen-bond acceptors (Lipinski definition) is 2. The maximum atomic E-state index is 11.7. The van der Waals surface area contributed by atoms with E-state index in [-0.39, 0.29) is 5.92 Å². The third-order valence-electron chi connectivity index (χ3n) is 3.04. The molecule has 1 saturated heterocycles.